The molecular formula is C20H26ClIN4O2. The Kier molecular flexibility index (Phi) is 11.4. The van der Waals surface area contributed by atoms with Crippen LogP contribution in [0.3, 0.4) is 0 Å². The molecule has 0 saturated carbocycles. The fourth-order valence-corrected chi connectivity index (χ4v) is 2.66. The minimum atomic E-state index is -0.110. The van der Waals surface area contributed by atoms with E-state index >= 15 is 0 Å². The van der Waals surface area contributed by atoms with Gasteiger partial charge in [-0.05, 0) is 36.2 Å². The minimum Gasteiger partial charge on any atom is -0.492 e. The van der Waals surface area contributed by atoms with Crippen LogP contribution < -0.4 is 20.7 Å². The van der Waals surface area contributed by atoms with Crippen molar-refractivity contribution < 1.29 is 9.53 Å². The second-order valence-electron chi connectivity index (χ2n) is 5.86. The molecule has 0 radical (unpaired) electrons. The lowest BCUT2D eigenvalue weighted by atomic mass is 10.1. The third kappa shape index (κ3) is 9.27. The molecular weight excluding hydrogens is 491 g/mol. The molecule has 0 heterocycles. The Balaban J connectivity index is 0.00000392. The second kappa shape index (κ2) is 13.2. The maximum Gasteiger partial charge on any atom is 0.221 e. The van der Waals surface area contributed by atoms with Crippen LogP contribution in [0.25, 0.3) is 0 Å². The third-order valence-electron chi connectivity index (χ3n) is 3.64. The molecule has 2 aromatic carbocycles. The summed E-state index contributed by atoms with van der Waals surface area (Å²) in [7, 11) is 1.73. The average Bonchev–Trinajstić information content (AvgIpc) is 2.63. The van der Waals surface area contributed by atoms with Crippen molar-refractivity contribution in [1.82, 2.24) is 10.6 Å². The van der Waals surface area contributed by atoms with Crippen molar-refractivity contribution in [3.05, 3.63) is 59.1 Å². The van der Waals surface area contributed by atoms with Crippen LogP contribution in [-0.4, -0.2) is 38.6 Å². The van der Waals surface area contributed by atoms with Gasteiger partial charge in [0.1, 0.15) is 12.4 Å². The zero-order valence-corrected chi connectivity index (χ0v) is 19.1. The van der Waals surface area contributed by atoms with E-state index in [1.54, 1.807) is 13.1 Å². The van der Waals surface area contributed by atoms with Crippen LogP contribution in [0, 0.1) is 0 Å². The Morgan fingerprint density at radius 3 is 2.57 bits per heavy atom. The monoisotopic (exact) mass is 516 g/mol. The highest BCUT2D eigenvalue weighted by Crippen LogP contribution is 2.17. The molecule has 3 N–H and O–H groups in total. The van der Waals surface area contributed by atoms with Gasteiger partial charge >= 0.3 is 0 Å². The summed E-state index contributed by atoms with van der Waals surface area (Å²) in [4.78, 5) is 15.3. The molecule has 6 nitrogen and oxygen atoms in total. The number of hydrogen-bond acceptors (Lipinski definition) is 3. The molecule has 152 valence electrons. The van der Waals surface area contributed by atoms with Crippen LogP contribution in [0.15, 0.2) is 53.5 Å². The number of halogens is 2. The number of aliphatic imine (C=N–C) groups is 1. The topological polar surface area (TPSA) is 74.8 Å². The van der Waals surface area contributed by atoms with E-state index in [4.69, 9.17) is 16.3 Å². The van der Waals surface area contributed by atoms with E-state index in [9.17, 15) is 4.79 Å². The average molecular weight is 517 g/mol. The third-order valence-corrected chi connectivity index (χ3v) is 3.87. The molecule has 0 aliphatic heterocycles. The van der Waals surface area contributed by atoms with Gasteiger partial charge in [0.25, 0.3) is 0 Å². The Hall–Kier alpha value is -2.00. The Bertz CT molecular complexity index is 786. The van der Waals surface area contributed by atoms with Gasteiger partial charge in [-0.25, -0.2) is 0 Å². The van der Waals surface area contributed by atoms with E-state index in [0.717, 1.165) is 18.0 Å². The normalized spacial score (nSPS) is 10.6. The van der Waals surface area contributed by atoms with Crippen LogP contribution in [0.1, 0.15) is 12.5 Å². The van der Waals surface area contributed by atoms with E-state index in [-0.39, 0.29) is 29.9 Å². The van der Waals surface area contributed by atoms with E-state index < -0.39 is 0 Å². The summed E-state index contributed by atoms with van der Waals surface area (Å²) in [5, 5.41) is 9.94. The summed E-state index contributed by atoms with van der Waals surface area (Å²) in [5.41, 5.74) is 1.89. The lowest BCUT2D eigenvalue weighted by molar-refractivity contribution is -0.114. The number of carbonyl (C=O) groups excluding carboxylic acids is 1. The highest BCUT2D eigenvalue weighted by atomic mass is 127. The molecule has 28 heavy (non-hydrogen) atoms. The summed E-state index contributed by atoms with van der Waals surface area (Å²) in [5.74, 6) is 1.31. The molecule has 0 spiro atoms. The quantitative estimate of drug-likeness (QED) is 0.216. The molecule has 0 bridgehead atoms. The molecule has 0 aliphatic rings. The summed E-state index contributed by atoms with van der Waals surface area (Å²) in [6, 6.07) is 15.1. The number of rotatable bonds is 8. The minimum absolute atomic E-state index is 0. The molecule has 8 heteroatoms. The summed E-state index contributed by atoms with van der Waals surface area (Å²) >= 11 is 5.99. The molecule has 0 unspecified atom stereocenters. The van der Waals surface area contributed by atoms with E-state index in [2.05, 4.69) is 20.9 Å². The number of hydrogen-bond donors (Lipinski definition) is 3. The zero-order chi connectivity index (χ0) is 19.5. The highest BCUT2D eigenvalue weighted by molar-refractivity contribution is 14.0. The number of guanidine groups is 1. The number of carbonyl (C=O) groups is 1. The molecule has 2 rings (SSSR count). The van der Waals surface area contributed by atoms with E-state index in [1.165, 1.54) is 12.5 Å². The molecule has 0 fully saturated rings. The van der Waals surface area contributed by atoms with Gasteiger partial charge in [-0.2, -0.15) is 0 Å². The summed E-state index contributed by atoms with van der Waals surface area (Å²) in [6.45, 7) is 3.29. The first-order valence-electron chi connectivity index (χ1n) is 8.76. The van der Waals surface area contributed by atoms with Gasteiger partial charge in [0.2, 0.25) is 5.91 Å². The van der Waals surface area contributed by atoms with Crippen LogP contribution in [0.4, 0.5) is 5.69 Å². The molecule has 0 aliphatic carbocycles. The van der Waals surface area contributed by atoms with Crippen molar-refractivity contribution in [2.24, 2.45) is 4.99 Å². The largest absolute Gasteiger partial charge is 0.492 e. The Morgan fingerprint density at radius 1 is 1.11 bits per heavy atom. The van der Waals surface area contributed by atoms with Gasteiger partial charge in [0, 0.05) is 37.3 Å². The Labute approximate surface area is 188 Å². The first-order chi connectivity index (χ1) is 13.1. The van der Waals surface area contributed by atoms with Crippen LogP contribution >= 0.6 is 35.6 Å². The van der Waals surface area contributed by atoms with E-state index in [0.29, 0.717) is 30.5 Å². The number of nitrogens with zero attached hydrogens (tertiary/aromatic N) is 1. The number of anilines is 1. The Morgan fingerprint density at radius 2 is 1.86 bits per heavy atom. The molecule has 0 saturated heterocycles. The first-order valence-corrected chi connectivity index (χ1v) is 9.14. The lowest BCUT2D eigenvalue weighted by Crippen LogP contribution is -2.40. The second-order valence-corrected chi connectivity index (χ2v) is 6.30. The number of benzene rings is 2. The maximum absolute atomic E-state index is 11.1. The molecule has 2 aromatic rings. The van der Waals surface area contributed by atoms with Gasteiger partial charge in [-0.3, -0.25) is 9.79 Å². The highest BCUT2D eigenvalue weighted by Gasteiger charge is 2.01. The van der Waals surface area contributed by atoms with E-state index in [1.807, 2.05) is 42.5 Å². The van der Waals surface area contributed by atoms with Gasteiger partial charge < -0.3 is 20.7 Å². The number of amides is 1. The van der Waals surface area contributed by atoms with Crippen LogP contribution in [-0.2, 0) is 11.2 Å². The molecule has 1 amide bonds. The lowest BCUT2D eigenvalue weighted by Gasteiger charge is -2.13. The zero-order valence-electron chi connectivity index (χ0n) is 16.0. The van der Waals surface area contributed by atoms with Gasteiger partial charge in [0.05, 0.1) is 6.54 Å². The predicted octanol–water partition coefficient (Wildman–Crippen LogP) is 3.70. The van der Waals surface area contributed by atoms with Crippen molar-refractivity contribution in [3.8, 4) is 5.75 Å². The smallest absolute Gasteiger partial charge is 0.221 e. The van der Waals surface area contributed by atoms with Gasteiger partial charge in [-0.1, -0.05) is 29.8 Å². The summed E-state index contributed by atoms with van der Waals surface area (Å²) in [6.07, 6.45) is 0.855. The number of ether oxygens (including phenoxy) is 1. The predicted molar refractivity (Wildman–Crippen MR) is 126 cm³/mol. The SMILES string of the molecule is CN=C(NCCOc1cccc(NC(C)=O)c1)NCCc1cccc(Cl)c1.I. The van der Waals surface area contributed by atoms with Crippen molar-refractivity contribution >= 4 is 53.1 Å². The van der Waals surface area contributed by atoms with Crippen LogP contribution in [0.2, 0.25) is 5.02 Å². The van der Waals surface area contributed by atoms with Crippen molar-refractivity contribution in [2.45, 2.75) is 13.3 Å². The van der Waals surface area contributed by atoms with Gasteiger partial charge in [0.15, 0.2) is 5.96 Å². The fourth-order valence-electron chi connectivity index (χ4n) is 2.44. The van der Waals surface area contributed by atoms with Crippen molar-refractivity contribution in [2.75, 3.05) is 32.1 Å². The number of nitrogens with one attached hydrogen (secondary N) is 3. The fraction of sp³-hybridized carbons (Fsp3) is 0.300. The van der Waals surface area contributed by atoms with Crippen molar-refractivity contribution in [1.29, 1.82) is 0 Å². The molecule has 0 atom stereocenters. The summed E-state index contributed by atoms with van der Waals surface area (Å²) < 4.78 is 5.70. The van der Waals surface area contributed by atoms with Gasteiger partial charge in [-0.15, -0.1) is 24.0 Å². The van der Waals surface area contributed by atoms with Crippen molar-refractivity contribution in [3.63, 3.8) is 0 Å². The first kappa shape index (κ1) is 24.0. The molecule has 0 aromatic heterocycles. The maximum atomic E-state index is 11.1. The standard InChI is InChI=1S/C20H25ClN4O2.HI/c1-15(26)25-18-7-4-8-19(14-18)27-12-11-24-20(22-2)23-10-9-16-5-3-6-17(21)13-16;/h3-8,13-14H,9-12H2,1-2H3,(H,25,26)(H2,22,23,24);1H. The van der Waals surface area contributed by atoms with Crippen LogP contribution in [0.5, 0.6) is 5.75 Å².